The van der Waals surface area contributed by atoms with Gasteiger partial charge in [-0.25, -0.2) is 0 Å². The zero-order valence-electron chi connectivity index (χ0n) is 10.6. The third kappa shape index (κ3) is 2.12. The van der Waals surface area contributed by atoms with Crippen molar-refractivity contribution in [2.75, 3.05) is 13.1 Å². The van der Waals surface area contributed by atoms with Crippen LogP contribution in [0.3, 0.4) is 0 Å². The maximum absolute atomic E-state index is 6.28. The number of hydrogen-bond acceptors (Lipinski definition) is 2. The lowest BCUT2D eigenvalue weighted by atomic mass is 9.97. The summed E-state index contributed by atoms with van der Waals surface area (Å²) in [7, 11) is 0. The number of rotatable bonds is 3. The lowest BCUT2D eigenvalue weighted by Gasteiger charge is -2.26. The molecule has 2 atom stereocenters. The van der Waals surface area contributed by atoms with Crippen molar-refractivity contribution in [3.63, 3.8) is 0 Å². The number of likely N-dealkylation sites (tertiary alicyclic amines) is 1. The Hall–Kier alpha value is -0.860. The van der Waals surface area contributed by atoms with Crippen molar-refractivity contribution in [2.24, 2.45) is 5.73 Å². The van der Waals surface area contributed by atoms with Crippen LogP contribution in [0.5, 0.6) is 0 Å². The van der Waals surface area contributed by atoms with E-state index in [4.69, 9.17) is 5.73 Å². The van der Waals surface area contributed by atoms with E-state index < -0.39 is 0 Å². The number of likely N-dealkylation sites (N-methyl/N-ethyl adjacent to an activating group) is 1. The van der Waals surface area contributed by atoms with Gasteiger partial charge in [0.25, 0.3) is 0 Å². The third-order valence-corrected chi connectivity index (χ3v) is 4.26. The van der Waals surface area contributed by atoms with Gasteiger partial charge in [0.1, 0.15) is 0 Å². The first kappa shape index (κ1) is 11.2. The van der Waals surface area contributed by atoms with Gasteiger partial charge in [0.15, 0.2) is 0 Å². The summed E-state index contributed by atoms with van der Waals surface area (Å²) in [4.78, 5) is 2.51. The van der Waals surface area contributed by atoms with Crippen LogP contribution in [0.15, 0.2) is 24.3 Å². The molecular formula is C15H22N2. The standard InChI is InChI=1S/C15H22N2/c1-2-17-9-8-14(16)15(17)13-5-3-4-12(10-13)11-6-7-11/h3-5,10-11,14-15H,2,6-9,16H2,1H3. The van der Waals surface area contributed by atoms with E-state index in [1.54, 1.807) is 0 Å². The van der Waals surface area contributed by atoms with Gasteiger partial charge in [-0.15, -0.1) is 0 Å². The highest BCUT2D eigenvalue weighted by Crippen LogP contribution is 2.41. The number of nitrogens with zero attached hydrogens (tertiary/aromatic N) is 1. The summed E-state index contributed by atoms with van der Waals surface area (Å²) in [5.74, 6) is 0.836. The van der Waals surface area contributed by atoms with Crippen LogP contribution in [-0.4, -0.2) is 24.0 Å². The van der Waals surface area contributed by atoms with Crippen LogP contribution in [0, 0.1) is 0 Å². The largest absolute Gasteiger partial charge is 0.326 e. The Morgan fingerprint density at radius 1 is 1.24 bits per heavy atom. The summed E-state index contributed by atoms with van der Waals surface area (Å²) in [6, 6.07) is 9.89. The quantitative estimate of drug-likeness (QED) is 0.865. The van der Waals surface area contributed by atoms with Crippen molar-refractivity contribution in [1.82, 2.24) is 4.90 Å². The summed E-state index contributed by atoms with van der Waals surface area (Å²) < 4.78 is 0. The van der Waals surface area contributed by atoms with E-state index in [1.807, 2.05) is 0 Å². The summed E-state index contributed by atoms with van der Waals surface area (Å²) >= 11 is 0. The lowest BCUT2D eigenvalue weighted by Crippen LogP contribution is -2.31. The van der Waals surface area contributed by atoms with Crippen molar-refractivity contribution in [3.8, 4) is 0 Å². The molecule has 2 unspecified atom stereocenters. The SMILES string of the molecule is CCN1CCC(N)C1c1cccc(C2CC2)c1. The predicted molar refractivity (Wildman–Crippen MR) is 71.0 cm³/mol. The van der Waals surface area contributed by atoms with E-state index in [9.17, 15) is 0 Å². The van der Waals surface area contributed by atoms with Crippen LogP contribution >= 0.6 is 0 Å². The molecule has 1 aromatic carbocycles. The van der Waals surface area contributed by atoms with E-state index in [2.05, 4.69) is 36.1 Å². The molecule has 2 nitrogen and oxygen atoms in total. The molecule has 1 aromatic rings. The average molecular weight is 230 g/mol. The molecule has 17 heavy (non-hydrogen) atoms. The van der Waals surface area contributed by atoms with Gasteiger partial charge >= 0.3 is 0 Å². The Labute approximate surface area is 104 Å². The molecule has 3 rings (SSSR count). The molecular weight excluding hydrogens is 208 g/mol. The second-order valence-electron chi connectivity index (χ2n) is 5.47. The predicted octanol–water partition coefficient (Wildman–Crippen LogP) is 2.66. The van der Waals surface area contributed by atoms with Crippen molar-refractivity contribution < 1.29 is 0 Å². The summed E-state index contributed by atoms with van der Waals surface area (Å²) in [5.41, 5.74) is 9.23. The Bertz CT molecular complexity index is 398. The molecule has 1 heterocycles. The Kier molecular flexibility index (Phi) is 2.93. The van der Waals surface area contributed by atoms with Crippen LogP contribution in [0.25, 0.3) is 0 Å². The molecule has 2 N–H and O–H groups in total. The van der Waals surface area contributed by atoms with Crippen LogP contribution in [-0.2, 0) is 0 Å². The summed E-state index contributed by atoms with van der Waals surface area (Å²) in [5, 5.41) is 0. The molecule has 1 aliphatic heterocycles. The van der Waals surface area contributed by atoms with Gasteiger partial charge in [-0.3, -0.25) is 4.90 Å². The van der Waals surface area contributed by atoms with Gasteiger partial charge in [0.05, 0.1) is 0 Å². The van der Waals surface area contributed by atoms with Crippen LogP contribution in [0.4, 0.5) is 0 Å². The highest BCUT2D eigenvalue weighted by Gasteiger charge is 2.32. The lowest BCUT2D eigenvalue weighted by molar-refractivity contribution is 0.261. The summed E-state index contributed by atoms with van der Waals surface area (Å²) in [6.07, 6.45) is 3.88. The van der Waals surface area contributed by atoms with Gasteiger partial charge in [-0.2, -0.15) is 0 Å². The smallest absolute Gasteiger partial charge is 0.0499 e. The zero-order chi connectivity index (χ0) is 11.8. The number of nitrogens with two attached hydrogens (primary N) is 1. The van der Waals surface area contributed by atoms with Crippen molar-refractivity contribution >= 4 is 0 Å². The summed E-state index contributed by atoms with van der Waals surface area (Å²) in [6.45, 7) is 4.48. The molecule has 2 fully saturated rings. The van der Waals surface area contributed by atoms with Gasteiger partial charge in [0.2, 0.25) is 0 Å². The minimum atomic E-state index is 0.310. The monoisotopic (exact) mass is 230 g/mol. The minimum Gasteiger partial charge on any atom is -0.326 e. The first-order valence-electron chi connectivity index (χ1n) is 6.89. The molecule has 2 aliphatic rings. The molecule has 2 heteroatoms. The van der Waals surface area contributed by atoms with E-state index in [-0.39, 0.29) is 0 Å². The van der Waals surface area contributed by atoms with Gasteiger partial charge in [0, 0.05) is 18.6 Å². The van der Waals surface area contributed by atoms with Crippen LogP contribution in [0.2, 0.25) is 0 Å². The molecule has 0 aromatic heterocycles. The van der Waals surface area contributed by atoms with Crippen LogP contribution in [0.1, 0.15) is 49.3 Å². The minimum absolute atomic E-state index is 0.310. The van der Waals surface area contributed by atoms with Crippen molar-refractivity contribution in [1.29, 1.82) is 0 Å². The van der Waals surface area contributed by atoms with Gasteiger partial charge in [-0.05, 0) is 42.9 Å². The molecule has 0 spiro atoms. The Morgan fingerprint density at radius 2 is 2.00 bits per heavy atom. The Balaban J connectivity index is 1.88. The highest BCUT2D eigenvalue weighted by molar-refractivity contribution is 5.32. The number of benzene rings is 1. The average Bonchev–Trinajstić information content (AvgIpc) is 3.13. The molecule has 1 saturated heterocycles. The zero-order valence-corrected chi connectivity index (χ0v) is 10.6. The third-order valence-electron chi connectivity index (χ3n) is 4.26. The van der Waals surface area contributed by atoms with Crippen LogP contribution < -0.4 is 5.73 Å². The maximum atomic E-state index is 6.28. The molecule has 1 aliphatic carbocycles. The van der Waals surface area contributed by atoms with E-state index >= 15 is 0 Å². The second-order valence-corrected chi connectivity index (χ2v) is 5.47. The van der Waals surface area contributed by atoms with Gasteiger partial charge < -0.3 is 5.73 Å². The second kappa shape index (κ2) is 4.43. The maximum Gasteiger partial charge on any atom is 0.0499 e. The normalized spacial score (nSPS) is 29.8. The van der Waals surface area contributed by atoms with Gasteiger partial charge in [-0.1, -0.05) is 31.2 Å². The fourth-order valence-corrected chi connectivity index (χ4v) is 3.11. The fraction of sp³-hybridized carbons (Fsp3) is 0.600. The molecule has 0 radical (unpaired) electrons. The van der Waals surface area contributed by atoms with Crippen molar-refractivity contribution in [3.05, 3.63) is 35.4 Å². The van der Waals surface area contributed by atoms with E-state index in [1.165, 1.54) is 24.0 Å². The molecule has 0 amide bonds. The Morgan fingerprint density at radius 3 is 2.71 bits per heavy atom. The molecule has 92 valence electrons. The first-order chi connectivity index (χ1) is 8.29. The first-order valence-corrected chi connectivity index (χ1v) is 6.89. The van der Waals surface area contributed by atoms with E-state index in [0.29, 0.717) is 12.1 Å². The highest BCUT2D eigenvalue weighted by atomic mass is 15.2. The fourth-order valence-electron chi connectivity index (χ4n) is 3.11. The number of hydrogen-bond donors (Lipinski definition) is 1. The van der Waals surface area contributed by atoms with Crippen molar-refractivity contribution in [2.45, 2.75) is 44.2 Å². The molecule has 0 bridgehead atoms. The molecule has 1 saturated carbocycles. The topological polar surface area (TPSA) is 29.3 Å². The van der Waals surface area contributed by atoms with E-state index in [0.717, 1.165) is 25.4 Å².